The van der Waals surface area contributed by atoms with Gasteiger partial charge in [0.25, 0.3) is 0 Å². The highest BCUT2D eigenvalue weighted by Gasteiger charge is 2.34. The second kappa shape index (κ2) is 11.7. The smallest absolute Gasteiger partial charge is 0.408 e. The minimum atomic E-state index is -0.889. The molecule has 0 aliphatic heterocycles. The number of ether oxygens (including phenoxy) is 1. The summed E-state index contributed by atoms with van der Waals surface area (Å²) in [5.74, 6) is 0.568. The molecule has 38 heavy (non-hydrogen) atoms. The number of phenols is 1. The second-order valence-electron chi connectivity index (χ2n) is 11.0. The lowest BCUT2D eigenvalue weighted by Crippen LogP contribution is -2.53. The van der Waals surface area contributed by atoms with E-state index in [1.165, 1.54) is 0 Å². The Labute approximate surface area is 225 Å². The van der Waals surface area contributed by atoms with E-state index in [9.17, 15) is 14.7 Å². The molecule has 1 heterocycles. The van der Waals surface area contributed by atoms with Crippen LogP contribution in [0.2, 0.25) is 0 Å². The molecule has 0 aliphatic carbocycles. The third-order valence-electron chi connectivity index (χ3n) is 6.38. The largest absolute Gasteiger partial charge is 0.508 e. The van der Waals surface area contributed by atoms with Crippen LogP contribution < -0.4 is 5.32 Å². The van der Waals surface area contributed by atoms with Crippen molar-refractivity contribution in [3.8, 4) is 17.0 Å². The number of nitrogens with zero attached hydrogens (tertiary/aromatic N) is 2. The zero-order valence-corrected chi connectivity index (χ0v) is 23.6. The molecule has 0 bridgehead atoms. The SMILES string of the molecule is Cc1cc(O)cc(C)c1CC(NC(=O)OC(C)(C)C)C(=O)N(C(C)C)[C@@H](C)c1ncc(-c2ccccc2)[nH]1. The number of aromatic nitrogens is 2. The molecule has 2 aromatic carbocycles. The van der Waals surface area contributed by atoms with Gasteiger partial charge in [-0.2, -0.15) is 0 Å². The molecular weight excluding hydrogens is 480 g/mol. The Morgan fingerprint density at radius 1 is 1.08 bits per heavy atom. The van der Waals surface area contributed by atoms with Gasteiger partial charge in [-0.25, -0.2) is 9.78 Å². The van der Waals surface area contributed by atoms with Crippen molar-refractivity contribution in [2.24, 2.45) is 0 Å². The number of aromatic hydroxyl groups is 1. The summed E-state index contributed by atoms with van der Waals surface area (Å²) in [6, 6.07) is 11.7. The van der Waals surface area contributed by atoms with Gasteiger partial charge in [-0.15, -0.1) is 0 Å². The molecule has 2 atom stereocenters. The Kier molecular flexibility index (Phi) is 8.86. The van der Waals surface area contributed by atoms with Crippen LogP contribution in [0.25, 0.3) is 11.3 Å². The summed E-state index contributed by atoms with van der Waals surface area (Å²) in [4.78, 5) is 36.6. The van der Waals surface area contributed by atoms with Crippen molar-refractivity contribution < 1.29 is 19.4 Å². The first-order valence-corrected chi connectivity index (χ1v) is 13.0. The molecule has 0 fully saturated rings. The van der Waals surface area contributed by atoms with Crippen molar-refractivity contribution in [1.82, 2.24) is 20.2 Å². The van der Waals surface area contributed by atoms with Gasteiger partial charge >= 0.3 is 6.09 Å². The summed E-state index contributed by atoms with van der Waals surface area (Å²) in [6.07, 6.45) is 1.36. The third-order valence-corrected chi connectivity index (χ3v) is 6.38. The highest BCUT2D eigenvalue weighted by atomic mass is 16.6. The van der Waals surface area contributed by atoms with Gasteiger partial charge < -0.3 is 25.0 Å². The fraction of sp³-hybridized carbons (Fsp3) is 0.433. The molecular formula is C30H40N4O4. The van der Waals surface area contributed by atoms with Crippen LogP contribution in [-0.4, -0.2) is 49.7 Å². The maximum absolute atomic E-state index is 14.1. The molecule has 3 rings (SSSR count). The van der Waals surface area contributed by atoms with Crippen molar-refractivity contribution >= 4 is 12.0 Å². The van der Waals surface area contributed by atoms with E-state index in [4.69, 9.17) is 4.74 Å². The molecule has 0 aliphatic rings. The monoisotopic (exact) mass is 520 g/mol. The van der Waals surface area contributed by atoms with Crippen molar-refractivity contribution in [1.29, 1.82) is 0 Å². The third kappa shape index (κ3) is 7.15. The van der Waals surface area contributed by atoms with Gasteiger partial charge in [0.1, 0.15) is 23.2 Å². The van der Waals surface area contributed by atoms with Crippen molar-refractivity contribution in [3.05, 3.63) is 71.2 Å². The fourth-order valence-electron chi connectivity index (χ4n) is 4.66. The van der Waals surface area contributed by atoms with Gasteiger partial charge in [0.05, 0.1) is 17.9 Å². The molecule has 1 unspecified atom stereocenters. The maximum Gasteiger partial charge on any atom is 0.408 e. The number of carbonyl (C=O) groups excluding carboxylic acids is 2. The van der Waals surface area contributed by atoms with Crippen LogP contribution in [-0.2, 0) is 16.0 Å². The number of H-pyrrole nitrogens is 1. The molecule has 2 amide bonds. The lowest BCUT2D eigenvalue weighted by molar-refractivity contribution is -0.137. The Balaban J connectivity index is 1.95. The Hall–Kier alpha value is -3.81. The van der Waals surface area contributed by atoms with Gasteiger partial charge in [0, 0.05) is 12.5 Å². The number of rotatable bonds is 8. The van der Waals surface area contributed by atoms with Gasteiger partial charge in [-0.1, -0.05) is 30.3 Å². The Bertz CT molecular complexity index is 1240. The molecule has 0 saturated heterocycles. The lowest BCUT2D eigenvalue weighted by Gasteiger charge is -2.35. The minimum absolute atomic E-state index is 0.163. The number of imidazole rings is 1. The van der Waals surface area contributed by atoms with E-state index in [0.29, 0.717) is 5.82 Å². The van der Waals surface area contributed by atoms with Crippen LogP contribution in [0.5, 0.6) is 5.75 Å². The number of amides is 2. The number of aromatic amines is 1. The lowest BCUT2D eigenvalue weighted by atomic mass is 9.95. The average Bonchev–Trinajstić information content (AvgIpc) is 3.30. The highest BCUT2D eigenvalue weighted by molar-refractivity contribution is 5.86. The van der Waals surface area contributed by atoms with Crippen LogP contribution in [0.3, 0.4) is 0 Å². The normalized spacial score (nSPS) is 13.2. The maximum atomic E-state index is 14.1. The van der Waals surface area contributed by atoms with E-state index in [-0.39, 0.29) is 30.2 Å². The van der Waals surface area contributed by atoms with E-state index in [1.54, 1.807) is 44.0 Å². The summed E-state index contributed by atoms with van der Waals surface area (Å²) in [6.45, 7) is 14.9. The van der Waals surface area contributed by atoms with E-state index in [0.717, 1.165) is 27.9 Å². The van der Waals surface area contributed by atoms with Crippen LogP contribution in [0, 0.1) is 13.8 Å². The molecule has 8 heteroatoms. The van der Waals surface area contributed by atoms with Gasteiger partial charge in [-0.05, 0) is 89.8 Å². The number of hydrogen-bond donors (Lipinski definition) is 3. The first-order valence-electron chi connectivity index (χ1n) is 13.0. The zero-order valence-electron chi connectivity index (χ0n) is 23.6. The van der Waals surface area contributed by atoms with E-state index in [2.05, 4.69) is 15.3 Å². The second-order valence-corrected chi connectivity index (χ2v) is 11.0. The number of benzene rings is 2. The summed E-state index contributed by atoms with van der Waals surface area (Å²) in [5.41, 5.74) is 3.72. The van der Waals surface area contributed by atoms with Crippen molar-refractivity contribution in [2.45, 2.75) is 85.5 Å². The van der Waals surface area contributed by atoms with E-state index < -0.39 is 17.7 Å². The number of phenolic OH excluding ortho intramolecular Hbond substituents is 1. The number of nitrogens with one attached hydrogen (secondary N) is 2. The standard InChI is InChI=1S/C30H40N4O4/c1-18(2)34(21(5)27-31-17-26(32-27)22-12-10-9-11-13-22)28(36)25(33-29(37)38-30(6,7)8)16-24-19(3)14-23(35)15-20(24)4/h9-15,17-18,21,25,35H,16H2,1-8H3,(H,31,32)(H,33,37)/t21-,25?/m0/s1. The molecule has 3 N–H and O–H groups in total. The van der Waals surface area contributed by atoms with E-state index >= 15 is 0 Å². The summed E-state index contributed by atoms with van der Waals surface area (Å²) >= 11 is 0. The molecule has 3 aromatic rings. The molecule has 0 saturated carbocycles. The highest BCUT2D eigenvalue weighted by Crippen LogP contribution is 2.27. The number of alkyl carbamates (subject to hydrolysis) is 1. The van der Waals surface area contributed by atoms with E-state index in [1.807, 2.05) is 65.0 Å². The summed E-state index contributed by atoms with van der Waals surface area (Å²) in [7, 11) is 0. The molecule has 8 nitrogen and oxygen atoms in total. The molecule has 204 valence electrons. The summed E-state index contributed by atoms with van der Waals surface area (Å²) in [5, 5.41) is 12.8. The summed E-state index contributed by atoms with van der Waals surface area (Å²) < 4.78 is 5.49. The number of hydrogen-bond acceptors (Lipinski definition) is 5. The van der Waals surface area contributed by atoms with Crippen molar-refractivity contribution in [3.63, 3.8) is 0 Å². The van der Waals surface area contributed by atoms with Crippen LogP contribution in [0.1, 0.15) is 70.1 Å². The van der Waals surface area contributed by atoms with Gasteiger partial charge in [0.2, 0.25) is 5.91 Å². The number of carbonyl (C=O) groups is 2. The predicted octanol–water partition coefficient (Wildman–Crippen LogP) is 5.83. The van der Waals surface area contributed by atoms with Crippen LogP contribution in [0.4, 0.5) is 4.79 Å². The average molecular weight is 521 g/mol. The Morgan fingerprint density at radius 2 is 1.68 bits per heavy atom. The first kappa shape index (κ1) is 28.8. The zero-order chi connectivity index (χ0) is 28.2. The molecule has 1 aromatic heterocycles. The molecule has 0 spiro atoms. The minimum Gasteiger partial charge on any atom is -0.508 e. The Morgan fingerprint density at radius 3 is 2.24 bits per heavy atom. The number of aryl methyl sites for hydroxylation is 2. The van der Waals surface area contributed by atoms with Crippen LogP contribution in [0.15, 0.2) is 48.7 Å². The fourth-order valence-corrected chi connectivity index (χ4v) is 4.66. The van der Waals surface area contributed by atoms with Gasteiger partial charge in [0.15, 0.2) is 0 Å². The predicted molar refractivity (Wildman–Crippen MR) is 149 cm³/mol. The molecule has 0 radical (unpaired) electrons. The van der Waals surface area contributed by atoms with Crippen molar-refractivity contribution in [2.75, 3.05) is 0 Å². The van der Waals surface area contributed by atoms with Gasteiger partial charge in [-0.3, -0.25) is 4.79 Å². The van der Waals surface area contributed by atoms with Crippen LogP contribution >= 0.6 is 0 Å². The topological polar surface area (TPSA) is 108 Å². The quantitative estimate of drug-likeness (QED) is 0.346. The first-order chi connectivity index (χ1) is 17.8.